The van der Waals surface area contributed by atoms with E-state index >= 15 is 0 Å². The standard InChI is InChI=1S/C22H23BrN4OS/c1-15-14-16(8-9-17(15)23)27-21(19-7-5-11-26(19)12-13-28-2)20(25-22(27)29)18-6-3-4-10-24-18/h3-11,14,20-21H,12-13H2,1-2H3,(H,25,29). The maximum atomic E-state index is 5.80. The van der Waals surface area contributed by atoms with Crippen molar-refractivity contribution in [1.29, 1.82) is 0 Å². The molecule has 0 amide bonds. The molecule has 29 heavy (non-hydrogen) atoms. The van der Waals surface area contributed by atoms with Crippen LogP contribution in [0.1, 0.15) is 29.0 Å². The molecule has 0 saturated carbocycles. The summed E-state index contributed by atoms with van der Waals surface area (Å²) in [5, 5.41) is 4.21. The van der Waals surface area contributed by atoms with E-state index in [2.05, 4.69) is 79.2 Å². The van der Waals surface area contributed by atoms with Crippen LogP contribution < -0.4 is 10.2 Å². The third-order valence-electron chi connectivity index (χ3n) is 5.22. The molecule has 2 aromatic heterocycles. The van der Waals surface area contributed by atoms with Crippen molar-refractivity contribution in [2.75, 3.05) is 18.6 Å². The minimum Gasteiger partial charge on any atom is -0.383 e. The van der Waals surface area contributed by atoms with Gasteiger partial charge in [0.1, 0.15) is 6.04 Å². The largest absolute Gasteiger partial charge is 0.383 e. The maximum absolute atomic E-state index is 5.80. The molecule has 4 rings (SSSR count). The molecule has 1 aromatic carbocycles. The van der Waals surface area contributed by atoms with Crippen molar-refractivity contribution in [3.8, 4) is 0 Å². The van der Waals surface area contributed by atoms with Gasteiger partial charge >= 0.3 is 0 Å². The van der Waals surface area contributed by atoms with Gasteiger partial charge in [-0.25, -0.2) is 0 Å². The number of aromatic nitrogens is 2. The smallest absolute Gasteiger partial charge is 0.174 e. The van der Waals surface area contributed by atoms with Crippen molar-refractivity contribution in [2.45, 2.75) is 25.6 Å². The lowest BCUT2D eigenvalue weighted by Gasteiger charge is -2.29. The van der Waals surface area contributed by atoms with Crippen molar-refractivity contribution < 1.29 is 4.74 Å². The Bertz CT molecular complexity index is 1010. The van der Waals surface area contributed by atoms with E-state index in [9.17, 15) is 0 Å². The first kappa shape index (κ1) is 20.1. The van der Waals surface area contributed by atoms with Crippen LogP contribution in [-0.2, 0) is 11.3 Å². The monoisotopic (exact) mass is 470 g/mol. The summed E-state index contributed by atoms with van der Waals surface area (Å²) in [6.07, 6.45) is 3.92. The van der Waals surface area contributed by atoms with Gasteiger partial charge in [0, 0.05) is 41.9 Å². The second kappa shape index (κ2) is 8.65. The molecule has 3 heterocycles. The molecule has 1 N–H and O–H groups in total. The summed E-state index contributed by atoms with van der Waals surface area (Å²) in [5.74, 6) is 0. The van der Waals surface area contributed by atoms with Crippen molar-refractivity contribution in [1.82, 2.24) is 14.9 Å². The average Bonchev–Trinajstić information content (AvgIpc) is 3.33. The summed E-state index contributed by atoms with van der Waals surface area (Å²) < 4.78 is 8.63. The lowest BCUT2D eigenvalue weighted by molar-refractivity contribution is 0.186. The summed E-state index contributed by atoms with van der Waals surface area (Å²) >= 11 is 9.40. The Morgan fingerprint density at radius 3 is 2.79 bits per heavy atom. The predicted octanol–water partition coefficient (Wildman–Crippen LogP) is 4.78. The first-order valence-electron chi connectivity index (χ1n) is 9.51. The Morgan fingerprint density at radius 1 is 1.21 bits per heavy atom. The molecule has 1 aliphatic rings. The number of hydrogen-bond acceptors (Lipinski definition) is 3. The summed E-state index contributed by atoms with van der Waals surface area (Å²) in [5.41, 5.74) is 4.37. The number of nitrogens with zero attached hydrogens (tertiary/aromatic N) is 3. The fourth-order valence-corrected chi connectivity index (χ4v) is 4.39. The summed E-state index contributed by atoms with van der Waals surface area (Å²) in [4.78, 5) is 6.82. The highest BCUT2D eigenvalue weighted by molar-refractivity contribution is 9.10. The fourth-order valence-electron chi connectivity index (χ4n) is 3.80. The zero-order valence-electron chi connectivity index (χ0n) is 16.4. The lowest BCUT2D eigenvalue weighted by atomic mass is 10.0. The molecule has 0 bridgehead atoms. The summed E-state index contributed by atoms with van der Waals surface area (Å²) in [6, 6.07) is 16.5. The van der Waals surface area contributed by atoms with E-state index in [1.54, 1.807) is 7.11 Å². The van der Waals surface area contributed by atoms with Crippen molar-refractivity contribution in [2.24, 2.45) is 0 Å². The number of methoxy groups -OCH3 is 1. The van der Waals surface area contributed by atoms with Gasteiger partial charge in [0.15, 0.2) is 5.11 Å². The van der Waals surface area contributed by atoms with Crippen LogP contribution in [0.25, 0.3) is 0 Å². The van der Waals surface area contributed by atoms with Gasteiger partial charge in [-0.1, -0.05) is 22.0 Å². The number of halogens is 1. The van der Waals surface area contributed by atoms with E-state index in [4.69, 9.17) is 17.0 Å². The Hall–Kier alpha value is -2.22. The zero-order chi connectivity index (χ0) is 20.4. The van der Waals surface area contributed by atoms with Crippen LogP contribution in [-0.4, -0.2) is 28.4 Å². The number of ether oxygens (including phenoxy) is 1. The molecule has 1 aliphatic heterocycles. The van der Waals surface area contributed by atoms with E-state index in [0.717, 1.165) is 22.4 Å². The quantitative estimate of drug-likeness (QED) is 0.525. The minimum absolute atomic E-state index is 0.0233. The number of pyridine rings is 1. The molecular formula is C22H23BrN4OS. The van der Waals surface area contributed by atoms with Crippen LogP contribution >= 0.6 is 28.1 Å². The number of nitrogens with one attached hydrogen (secondary N) is 1. The molecule has 2 unspecified atom stereocenters. The highest BCUT2D eigenvalue weighted by Crippen LogP contribution is 2.42. The Kier molecular flexibility index (Phi) is 5.99. The molecule has 1 fully saturated rings. The molecule has 7 heteroatoms. The molecule has 0 spiro atoms. The van der Waals surface area contributed by atoms with Crippen LogP contribution in [0.4, 0.5) is 5.69 Å². The number of thiocarbonyl (C=S) groups is 1. The number of rotatable bonds is 6. The number of aryl methyl sites for hydroxylation is 1. The van der Waals surface area contributed by atoms with Crippen molar-refractivity contribution >= 4 is 38.9 Å². The Balaban J connectivity index is 1.82. The topological polar surface area (TPSA) is 42.3 Å². The van der Waals surface area contributed by atoms with E-state index in [0.29, 0.717) is 11.7 Å². The van der Waals surface area contributed by atoms with Gasteiger partial charge in [0.05, 0.1) is 18.3 Å². The van der Waals surface area contributed by atoms with E-state index in [1.807, 2.05) is 24.4 Å². The molecule has 3 aromatic rings. The molecule has 0 radical (unpaired) electrons. The van der Waals surface area contributed by atoms with Crippen LogP contribution in [0.3, 0.4) is 0 Å². The molecule has 5 nitrogen and oxygen atoms in total. The van der Waals surface area contributed by atoms with Gasteiger partial charge < -0.3 is 19.5 Å². The van der Waals surface area contributed by atoms with Crippen molar-refractivity contribution in [3.63, 3.8) is 0 Å². The van der Waals surface area contributed by atoms with E-state index < -0.39 is 0 Å². The van der Waals surface area contributed by atoms with Crippen LogP contribution in [0, 0.1) is 6.92 Å². The van der Waals surface area contributed by atoms with Gasteiger partial charge in [-0.05, 0) is 67.2 Å². The number of hydrogen-bond donors (Lipinski definition) is 1. The predicted molar refractivity (Wildman–Crippen MR) is 123 cm³/mol. The van der Waals surface area contributed by atoms with Crippen LogP contribution in [0.15, 0.2) is 65.4 Å². The van der Waals surface area contributed by atoms with Gasteiger partial charge in [-0.2, -0.15) is 0 Å². The first-order chi connectivity index (χ1) is 14.1. The summed E-state index contributed by atoms with van der Waals surface area (Å²) in [7, 11) is 1.73. The zero-order valence-corrected chi connectivity index (χ0v) is 18.8. The third kappa shape index (κ3) is 3.95. The second-order valence-corrected chi connectivity index (χ2v) is 8.29. The highest BCUT2D eigenvalue weighted by atomic mass is 79.9. The number of benzene rings is 1. The minimum atomic E-state index is -0.0520. The lowest BCUT2D eigenvalue weighted by Crippen LogP contribution is -2.30. The van der Waals surface area contributed by atoms with Crippen LogP contribution in [0.5, 0.6) is 0 Å². The molecule has 150 valence electrons. The Labute approximate surface area is 184 Å². The summed E-state index contributed by atoms with van der Waals surface area (Å²) in [6.45, 7) is 3.52. The van der Waals surface area contributed by atoms with Gasteiger partial charge in [-0.15, -0.1) is 0 Å². The van der Waals surface area contributed by atoms with Crippen molar-refractivity contribution in [3.05, 3.63) is 82.3 Å². The first-order valence-corrected chi connectivity index (χ1v) is 10.7. The molecule has 2 atom stereocenters. The fraction of sp³-hybridized carbons (Fsp3) is 0.273. The van der Waals surface area contributed by atoms with Crippen LogP contribution in [0.2, 0.25) is 0 Å². The third-order valence-corrected chi connectivity index (χ3v) is 6.43. The van der Waals surface area contributed by atoms with Gasteiger partial charge in [0.25, 0.3) is 0 Å². The number of anilines is 1. The second-order valence-electron chi connectivity index (χ2n) is 7.05. The van der Waals surface area contributed by atoms with Gasteiger partial charge in [-0.3, -0.25) is 4.98 Å². The van der Waals surface area contributed by atoms with E-state index in [-0.39, 0.29) is 12.1 Å². The molecular weight excluding hydrogens is 448 g/mol. The Morgan fingerprint density at radius 2 is 2.07 bits per heavy atom. The average molecular weight is 471 g/mol. The normalized spacial score (nSPS) is 18.9. The van der Waals surface area contributed by atoms with E-state index in [1.165, 1.54) is 11.3 Å². The molecule has 0 aliphatic carbocycles. The highest BCUT2D eigenvalue weighted by Gasteiger charge is 2.42. The van der Waals surface area contributed by atoms with Gasteiger partial charge in [0.2, 0.25) is 0 Å². The maximum Gasteiger partial charge on any atom is 0.174 e. The molecule has 1 saturated heterocycles. The SMILES string of the molecule is COCCn1cccc1C1C(c2ccccn2)NC(=S)N1c1ccc(Br)c(C)c1.